The van der Waals surface area contributed by atoms with Crippen molar-refractivity contribution in [1.29, 1.82) is 0 Å². The predicted octanol–water partition coefficient (Wildman–Crippen LogP) is 2.12. The Balaban J connectivity index is 0.00000341. The summed E-state index contributed by atoms with van der Waals surface area (Å²) in [7, 11) is 3.46. The van der Waals surface area contributed by atoms with Crippen molar-refractivity contribution in [3.8, 4) is 11.5 Å². The first-order chi connectivity index (χ1) is 14.6. The number of ether oxygens (including phenoxy) is 2. The SMILES string of the molecule is CN=C(NCc1cccc(OCC(N)=O)c1)NC1CCN(c2ccccc2OC)C1.I. The maximum Gasteiger partial charge on any atom is 0.255 e. The van der Waals surface area contributed by atoms with Gasteiger partial charge in [0.05, 0.1) is 12.8 Å². The van der Waals surface area contributed by atoms with E-state index >= 15 is 0 Å². The second-order valence-electron chi connectivity index (χ2n) is 7.08. The number of nitrogens with one attached hydrogen (secondary N) is 2. The van der Waals surface area contributed by atoms with E-state index in [0.717, 1.165) is 42.5 Å². The number of nitrogens with two attached hydrogens (primary N) is 1. The molecule has 1 saturated heterocycles. The van der Waals surface area contributed by atoms with Crippen LogP contribution in [-0.2, 0) is 11.3 Å². The highest BCUT2D eigenvalue weighted by Crippen LogP contribution is 2.30. The lowest BCUT2D eigenvalue weighted by Crippen LogP contribution is -2.44. The molecule has 8 nitrogen and oxygen atoms in total. The molecule has 2 aromatic rings. The molecular formula is C22H30IN5O3. The van der Waals surface area contributed by atoms with Gasteiger partial charge >= 0.3 is 0 Å². The van der Waals surface area contributed by atoms with Crippen LogP contribution in [0.4, 0.5) is 5.69 Å². The van der Waals surface area contributed by atoms with Crippen molar-refractivity contribution >= 4 is 41.5 Å². The lowest BCUT2D eigenvalue weighted by atomic mass is 10.2. The number of anilines is 1. The minimum atomic E-state index is -0.498. The highest BCUT2D eigenvalue weighted by molar-refractivity contribution is 14.0. The molecule has 1 heterocycles. The summed E-state index contributed by atoms with van der Waals surface area (Å²) in [4.78, 5) is 17.5. The molecule has 168 valence electrons. The van der Waals surface area contributed by atoms with Crippen molar-refractivity contribution in [2.45, 2.75) is 19.0 Å². The second kappa shape index (κ2) is 12.2. The third-order valence-corrected chi connectivity index (χ3v) is 4.92. The fourth-order valence-corrected chi connectivity index (χ4v) is 3.46. The highest BCUT2D eigenvalue weighted by atomic mass is 127. The van der Waals surface area contributed by atoms with Gasteiger partial charge < -0.3 is 30.7 Å². The Bertz CT molecular complexity index is 893. The van der Waals surface area contributed by atoms with Gasteiger partial charge in [-0.2, -0.15) is 0 Å². The van der Waals surface area contributed by atoms with E-state index < -0.39 is 5.91 Å². The molecule has 1 amide bonds. The summed E-state index contributed by atoms with van der Waals surface area (Å²) in [6, 6.07) is 15.9. The van der Waals surface area contributed by atoms with Gasteiger partial charge in [-0.25, -0.2) is 0 Å². The zero-order chi connectivity index (χ0) is 21.3. The van der Waals surface area contributed by atoms with Gasteiger partial charge in [-0.05, 0) is 36.2 Å². The van der Waals surface area contributed by atoms with Gasteiger partial charge in [0.2, 0.25) is 0 Å². The number of carbonyl (C=O) groups excluding carboxylic acids is 1. The van der Waals surface area contributed by atoms with Gasteiger partial charge in [-0.3, -0.25) is 9.79 Å². The number of nitrogens with zero attached hydrogens (tertiary/aromatic N) is 2. The van der Waals surface area contributed by atoms with Crippen molar-refractivity contribution < 1.29 is 14.3 Å². The number of primary amides is 1. The van der Waals surface area contributed by atoms with Crippen LogP contribution in [0.15, 0.2) is 53.5 Å². The van der Waals surface area contributed by atoms with Crippen LogP contribution in [0, 0.1) is 0 Å². The van der Waals surface area contributed by atoms with Crippen molar-refractivity contribution in [3.05, 3.63) is 54.1 Å². The molecule has 1 aliphatic heterocycles. The summed E-state index contributed by atoms with van der Waals surface area (Å²) >= 11 is 0. The van der Waals surface area contributed by atoms with E-state index in [0.29, 0.717) is 12.3 Å². The third-order valence-electron chi connectivity index (χ3n) is 4.92. The lowest BCUT2D eigenvalue weighted by Gasteiger charge is -2.22. The Morgan fingerprint density at radius 2 is 2.06 bits per heavy atom. The van der Waals surface area contributed by atoms with E-state index in [1.165, 1.54) is 0 Å². The summed E-state index contributed by atoms with van der Waals surface area (Å²) in [6.07, 6.45) is 1.01. The molecule has 0 spiro atoms. The number of para-hydroxylation sites is 2. The van der Waals surface area contributed by atoms with Gasteiger partial charge in [-0.15, -0.1) is 24.0 Å². The molecule has 0 saturated carbocycles. The molecule has 2 aromatic carbocycles. The fourth-order valence-electron chi connectivity index (χ4n) is 3.46. The number of aliphatic imine (C=N–C) groups is 1. The van der Waals surface area contributed by atoms with Crippen molar-refractivity contribution in [2.24, 2.45) is 10.7 Å². The molecule has 31 heavy (non-hydrogen) atoms. The first kappa shape index (κ1) is 24.6. The summed E-state index contributed by atoms with van der Waals surface area (Å²) in [5.74, 6) is 1.74. The number of halogens is 1. The molecule has 9 heteroatoms. The topological polar surface area (TPSA) is 101 Å². The number of guanidine groups is 1. The molecule has 0 bridgehead atoms. The van der Waals surface area contributed by atoms with Crippen LogP contribution in [0.5, 0.6) is 11.5 Å². The number of hydrogen-bond acceptors (Lipinski definition) is 5. The van der Waals surface area contributed by atoms with E-state index in [1.807, 2.05) is 36.4 Å². The molecule has 4 N–H and O–H groups in total. The van der Waals surface area contributed by atoms with E-state index in [2.05, 4.69) is 26.6 Å². The minimum absolute atomic E-state index is 0. The smallest absolute Gasteiger partial charge is 0.255 e. The first-order valence-corrected chi connectivity index (χ1v) is 9.94. The van der Waals surface area contributed by atoms with E-state index in [-0.39, 0.29) is 36.6 Å². The number of amides is 1. The van der Waals surface area contributed by atoms with Crippen LogP contribution in [0.3, 0.4) is 0 Å². The van der Waals surface area contributed by atoms with Gasteiger partial charge in [0.1, 0.15) is 11.5 Å². The zero-order valence-electron chi connectivity index (χ0n) is 17.8. The fraction of sp³-hybridized carbons (Fsp3) is 0.364. The molecule has 1 unspecified atom stereocenters. The van der Waals surface area contributed by atoms with Crippen LogP contribution in [-0.4, -0.2) is 51.8 Å². The Labute approximate surface area is 200 Å². The molecule has 0 aromatic heterocycles. The molecule has 0 radical (unpaired) electrons. The Morgan fingerprint density at radius 1 is 1.26 bits per heavy atom. The largest absolute Gasteiger partial charge is 0.495 e. The summed E-state index contributed by atoms with van der Waals surface area (Å²) in [6.45, 7) is 2.27. The maximum atomic E-state index is 10.9. The van der Waals surface area contributed by atoms with Gasteiger partial charge in [0, 0.05) is 32.7 Å². The third kappa shape index (κ3) is 7.20. The summed E-state index contributed by atoms with van der Waals surface area (Å²) in [5, 5.41) is 6.82. The zero-order valence-corrected chi connectivity index (χ0v) is 20.2. The highest BCUT2D eigenvalue weighted by Gasteiger charge is 2.25. The van der Waals surface area contributed by atoms with Crippen LogP contribution in [0.2, 0.25) is 0 Å². The second-order valence-corrected chi connectivity index (χ2v) is 7.08. The van der Waals surface area contributed by atoms with Gasteiger partial charge in [0.25, 0.3) is 5.91 Å². The molecule has 3 rings (SSSR count). The summed E-state index contributed by atoms with van der Waals surface area (Å²) < 4.78 is 10.8. The van der Waals surface area contributed by atoms with Crippen LogP contribution >= 0.6 is 24.0 Å². The van der Waals surface area contributed by atoms with E-state index in [9.17, 15) is 4.79 Å². The molecule has 1 aliphatic rings. The number of benzene rings is 2. The van der Waals surface area contributed by atoms with Crippen LogP contribution < -0.4 is 30.7 Å². The van der Waals surface area contributed by atoms with Crippen LogP contribution in [0.1, 0.15) is 12.0 Å². The number of methoxy groups -OCH3 is 1. The summed E-state index contributed by atoms with van der Waals surface area (Å²) in [5.41, 5.74) is 7.25. The molecule has 1 fully saturated rings. The average Bonchev–Trinajstić information content (AvgIpc) is 3.23. The average molecular weight is 539 g/mol. The van der Waals surface area contributed by atoms with E-state index in [4.69, 9.17) is 15.2 Å². The standard InChI is InChI=1S/C22H29N5O3.HI/c1-24-22(25-13-16-6-5-7-18(12-16)30-15-21(23)28)26-17-10-11-27(14-17)19-8-3-4-9-20(19)29-2;/h3-9,12,17H,10-11,13-15H2,1-2H3,(H2,23,28)(H2,24,25,26);1H. The Hall–Kier alpha value is -2.69. The minimum Gasteiger partial charge on any atom is -0.495 e. The van der Waals surface area contributed by atoms with Crippen molar-refractivity contribution in [2.75, 3.05) is 38.8 Å². The quantitative estimate of drug-likeness (QED) is 0.270. The molecular weight excluding hydrogens is 509 g/mol. The monoisotopic (exact) mass is 539 g/mol. The normalized spacial score (nSPS) is 15.7. The Morgan fingerprint density at radius 3 is 2.81 bits per heavy atom. The van der Waals surface area contributed by atoms with E-state index in [1.54, 1.807) is 20.2 Å². The lowest BCUT2D eigenvalue weighted by molar-refractivity contribution is -0.119. The maximum absolute atomic E-state index is 10.9. The molecule has 1 atom stereocenters. The Kier molecular flexibility index (Phi) is 9.70. The molecule has 0 aliphatic carbocycles. The van der Waals surface area contributed by atoms with Gasteiger partial charge in [-0.1, -0.05) is 24.3 Å². The van der Waals surface area contributed by atoms with Crippen LogP contribution in [0.25, 0.3) is 0 Å². The predicted molar refractivity (Wildman–Crippen MR) is 133 cm³/mol. The van der Waals surface area contributed by atoms with Crippen molar-refractivity contribution in [3.63, 3.8) is 0 Å². The van der Waals surface area contributed by atoms with Gasteiger partial charge in [0.15, 0.2) is 12.6 Å². The first-order valence-electron chi connectivity index (χ1n) is 9.94. The van der Waals surface area contributed by atoms with Crippen molar-refractivity contribution in [1.82, 2.24) is 10.6 Å². The number of hydrogen-bond donors (Lipinski definition) is 3. The number of rotatable bonds is 8. The number of carbonyl (C=O) groups is 1.